The van der Waals surface area contributed by atoms with Crippen LogP contribution in [0.4, 0.5) is 13.2 Å². The first-order valence-electron chi connectivity index (χ1n) is 8.01. The maximum atomic E-state index is 12.8. The van der Waals surface area contributed by atoms with Gasteiger partial charge in [-0.1, -0.05) is 12.1 Å². The molecule has 0 aliphatic rings. The number of aryl methyl sites for hydroxylation is 1. The number of amides is 1. The Bertz CT molecular complexity index is 1150. The fourth-order valence-electron chi connectivity index (χ4n) is 2.59. The van der Waals surface area contributed by atoms with Crippen molar-refractivity contribution in [2.45, 2.75) is 24.5 Å². The number of benzene rings is 1. The Morgan fingerprint density at radius 2 is 1.79 bits per heavy atom. The molecule has 0 atom stereocenters. The van der Waals surface area contributed by atoms with E-state index in [2.05, 4.69) is 10.3 Å². The number of fused-ring (bicyclic) bond motifs is 1. The zero-order valence-electron chi connectivity index (χ0n) is 14.8. The van der Waals surface area contributed by atoms with Gasteiger partial charge in [-0.25, -0.2) is 13.4 Å². The van der Waals surface area contributed by atoms with Crippen molar-refractivity contribution in [1.82, 2.24) is 10.3 Å². The summed E-state index contributed by atoms with van der Waals surface area (Å²) in [4.78, 5) is 16.7. The molecule has 0 fully saturated rings. The van der Waals surface area contributed by atoms with Crippen molar-refractivity contribution in [2.24, 2.45) is 0 Å². The minimum Gasteiger partial charge on any atom is -0.347 e. The molecular formula is C18H15F3N2O3S2. The second-order valence-electron chi connectivity index (χ2n) is 6.20. The highest BCUT2D eigenvalue weighted by molar-refractivity contribution is 7.90. The lowest BCUT2D eigenvalue weighted by atomic mass is 10.1. The van der Waals surface area contributed by atoms with Gasteiger partial charge in [0, 0.05) is 18.2 Å². The molecule has 1 N–H and O–H groups in total. The maximum Gasteiger partial charge on any atom is 0.433 e. The van der Waals surface area contributed by atoms with Gasteiger partial charge in [-0.2, -0.15) is 13.2 Å². The first-order chi connectivity index (χ1) is 13.0. The molecule has 10 heteroatoms. The van der Waals surface area contributed by atoms with Crippen molar-refractivity contribution in [3.05, 3.63) is 58.1 Å². The summed E-state index contributed by atoms with van der Waals surface area (Å²) in [6, 6.07) is 8.29. The first-order valence-corrected chi connectivity index (χ1v) is 10.7. The van der Waals surface area contributed by atoms with Gasteiger partial charge in [0.2, 0.25) is 0 Å². The third-order valence-corrected chi connectivity index (χ3v) is 6.43. The number of alkyl halides is 3. The largest absolute Gasteiger partial charge is 0.433 e. The average molecular weight is 428 g/mol. The summed E-state index contributed by atoms with van der Waals surface area (Å²) in [5.41, 5.74) is 0.252. The molecule has 0 saturated carbocycles. The van der Waals surface area contributed by atoms with E-state index in [1.165, 1.54) is 18.2 Å². The zero-order chi connectivity index (χ0) is 20.7. The van der Waals surface area contributed by atoms with Crippen LogP contribution < -0.4 is 5.32 Å². The summed E-state index contributed by atoms with van der Waals surface area (Å²) in [6.07, 6.45) is -3.45. The van der Waals surface area contributed by atoms with E-state index in [1.54, 1.807) is 19.1 Å². The van der Waals surface area contributed by atoms with Gasteiger partial charge in [-0.05, 0) is 42.3 Å². The van der Waals surface area contributed by atoms with E-state index in [-0.39, 0.29) is 21.1 Å². The lowest BCUT2D eigenvalue weighted by Gasteiger charge is -2.06. The predicted molar refractivity (Wildman–Crippen MR) is 100 cm³/mol. The number of sulfone groups is 1. The maximum absolute atomic E-state index is 12.8. The number of rotatable bonds is 4. The number of hydrogen-bond acceptors (Lipinski definition) is 5. The lowest BCUT2D eigenvalue weighted by Crippen LogP contribution is -2.22. The minimum absolute atomic E-state index is 0.148. The topological polar surface area (TPSA) is 76.1 Å². The van der Waals surface area contributed by atoms with Crippen LogP contribution in [0, 0.1) is 6.92 Å². The summed E-state index contributed by atoms with van der Waals surface area (Å²) < 4.78 is 61.4. The number of halogens is 3. The monoisotopic (exact) mass is 428 g/mol. The number of pyridine rings is 1. The summed E-state index contributed by atoms with van der Waals surface area (Å²) in [7, 11) is -3.30. The quantitative estimate of drug-likeness (QED) is 0.683. The molecule has 0 spiro atoms. The van der Waals surface area contributed by atoms with Crippen molar-refractivity contribution >= 4 is 37.3 Å². The van der Waals surface area contributed by atoms with Crippen molar-refractivity contribution in [1.29, 1.82) is 0 Å². The molecule has 3 rings (SSSR count). The summed E-state index contributed by atoms with van der Waals surface area (Å²) in [5, 5.41) is 3.19. The molecule has 5 nitrogen and oxygen atoms in total. The average Bonchev–Trinajstić information content (AvgIpc) is 2.95. The van der Waals surface area contributed by atoms with Crippen LogP contribution in [-0.2, 0) is 22.6 Å². The third kappa shape index (κ3) is 4.17. The number of carbonyl (C=O) groups is 1. The number of nitrogens with zero attached hydrogens (tertiary/aromatic N) is 1. The van der Waals surface area contributed by atoms with Crippen LogP contribution >= 0.6 is 11.3 Å². The van der Waals surface area contributed by atoms with E-state index >= 15 is 0 Å². The Labute approximate surface area is 163 Å². The molecule has 1 amide bonds. The molecule has 0 unspecified atom stereocenters. The molecule has 3 aromatic rings. The van der Waals surface area contributed by atoms with Crippen molar-refractivity contribution in [3.8, 4) is 0 Å². The van der Waals surface area contributed by atoms with Gasteiger partial charge in [0.15, 0.2) is 9.84 Å². The molecule has 0 saturated heterocycles. The standard InChI is InChI=1S/C18H15F3N2O3S2/c1-10-13-7-8-14(18(19,20)21)23-17(13)27-15(10)16(24)22-9-11-3-5-12(6-4-11)28(2,25)26/h3-8H,9H2,1-2H3,(H,22,24). The number of nitrogens with one attached hydrogen (secondary N) is 1. The Morgan fingerprint density at radius 1 is 1.14 bits per heavy atom. The van der Waals surface area contributed by atoms with E-state index in [4.69, 9.17) is 0 Å². The van der Waals surface area contributed by atoms with E-state index < -0.39 is 27.6 Å². The molecule has 2 aromatic heterocycles. The fourth-order valence-corrected chi connectivity index (χ4v) is 4.32. The van der Waals surface area contributed by atoms with Gasteiger partial charge in [0.1, 0.15) is 10.5 Å². The van der Waals surface area contributed by atoms with Gasteiger partial charge in [-0.3, -0.25) is 4.79 Å². The first kappa shape index (κ1) is 20.3. The van der Waals surface area contributed by atoms with Gasteiger partial charge in [0.05, 0.1) is 9.77 Å². The molecule has 0 aliphatic carbocycles. The van der Waals surface area contributed by atoms with Crippen LogP contribution in [0.2, 0.25) is 0 Å². The summed E-state index contributed by atoms with van der Waals surface area (Å²) >= 11 is 0.901. The van der Waals surface area contributed by atoms with Crippen LogP contribution in [0.15, 0.2) is 41.3 Å². The van der Waals surface area contributed by atoms with E-state index in [9.17, 15) is 26.4 Å². The Hall–Kier alpha value is -2.46. The van der Waals surface area contributed by atoms with E-state index in [1.807, 2.05) is 0 Å². The number of carbonyl (C=O) groups excluding carboxylic acids is 1. The van der Waals surface area contributed by atoms with Crippen molar-refractivity contribution < 1.29 is 26.4 Å². The Kier molecular flexibility index (Phi) is 5.20. The van der Waals surface area contributed by atoms with Crippen LogP contribution in [0.3, 0.4) is 0 Å². The Morgan fingerprint density at radius 3 is 2.36 bits per heavy atom. The minimum atomic E-state index is -4.55. The molecule has 0 aliphatic heterocycles. The molecule has 1 aromatic carbocycles. The highest BCUT2D eigenvalue weighted by Gasteiger charge is 2.33. The summed E-state index contributed by atoms with van der Waals surface area (Å²) in [6.45, 7) is 1.81. The third-order valence-electron chi connectivity index (χ3n) is 4.10. The summed E-state index contributed by atoms with van der Waals surface area (Å²) in [5.74, 6) is -0.429. The lowest BCUT2D eigenvalue weighted by molar-refractivity contribution is -0.140. The molecule has 2 heterocycles. The fraction of sp³-hybridized carbons (Fsp3) is 0.222. The predicted octanol–water partition coefficient (Wildman–Crippen LogP) is 3.96. The van der Waals surface area contributed by atoms with Gasteiger partial charge in [-0.15, -0.1) is 11.3 Å². The van der Waals surface area contributed by atoms with Gasteiger partial charge in [0.25, 0.3) is 5.91 Å². The van der Waals surface area contributed by atoms with E-state index in [0.717, 1.165) is 23.7 Å². The van der Waals surface area contributed by atoms with Crippen molar-refractivity contribution in [3.63, 3.8) is 0 Å². The smallest absolute Gasteiger partial charge is 0.347 e. The van der Waals surface area contributed by atoms with Gasteiger partial charge >= 0.3 is 6.18 Å². The Balaban J connectivity index is 1.79. The number of aromatic nitrogens is 1. The van der Waals surface area contributed by atoms with Crippen LogP contribution in [0.1, 0.15) is 26.5 Å². The van der Waals surface area contributed by atoms with Crippen LogP contribution in [0.25, 0.3) is 10.2 Å². The van der Waals surface area contributed by atoms with Crippen LogP contribution in [-0.4, -0.2) is 25.6 Å². The van der Waals surface area contributed by atoms with E-state index in [0.29, 0.717) is 16.5 Å². The van der Waals surface area contributed by atoms with Gasteiger partial charge < -0.3 is 5.32 Å². The van der Waals surface area contributed by atoms with Crippen molar-refractivity contribution in [2.75, 3.05) is 6.26 Å². The highest BCUT2D eigenvalue weighted by Crippen LogP contribution is 2.34. The number of hydrogen-bond donors (Lipinski definition) is 1. The molecule has 148 valence electrons. The second-order valence-corrected chi connectivity index (χ2v) is 9.22. The molecular weight excluding hydrogens is 413 g/mol. The molecule has 0 radical (unpaired) electrons. The highest BCUT2D eigenvalue weighted by atomic mass is 32.2. The molecule has 0 bridgehead atoms. The SMILES string of the molecule is Cc1c(C(=O)NCc2ccc(S(C)(=O)=O)cc2)sc2nc(C(F)(F)F)ccc12. The normalized spacial score (nSPS) is 12.3. The zero-order valence-corrected chi connectivity index (χ0v) is 16.4. The second kappa shape index (κ2) is 7.17. The molecule has 28 heavy (non-hydrogen) atoms. The van der Waals surface area contributed by atoms with Crippen LogP contribution in [0.5, 0.6) is 0 Å². The number of thiophene rings is 1.